The van der Waals surface area contributed by atoms with Gasteiger partial charge in [0.05, 0.1) is 11.4 Å². The molecule has 16 heavy (non-hydrogen) atoms. The first-order valence-corrected chi connectivity index (χ1v) is 6.20. The zero-order valence-corrected chi connectivity index (χ0v) is 11.5. The van der Waals surface area contributed by atoms with E-state index in [0.29, 0.717) is 0 Å². The van der Waals surface area contributed by atoms with Gasteiger partial charge < -0.3 is 0 Å². The van der Waals surface area contributed by atoms with Crippen LogP contribution in [0.25, 0.3) is 5.57 Å². The van der Waals surface area contributed by atoms with Gasteiger partial charge in [-0.3, -0.25) is 0 Å². The van der Waals surface area contributed by atoms with Crippen molar-refractivity contribution in [3.05, 3.63) is 63.6 Å². The molecular weight excluding hydrogens is 332 g/mol. The lowest BCUT2D eigenvalue weighted by molar-refractivity contribution is 1.19. The first-order valence-electron chi connectivity index (χ1n) is 4.61. The molecule has 0 radical (unpaired) electrons. The Morgan fingerprint density at radius 3 is 1.69 bits per heavy atom. The van der Waals surface area contributed by atoms with Gasteiger partial charge in [0.1, 0.15) is 9.21 Å². The maximum atomic E-state index is 4.34. The zero-order chi connectivity index (χ0) is 11.5. The Balaban J connectivity index is 2.39. The summed E-state index contributed by atoms with van der Waals surface area (Å²) in [7, 11) is 0. The van der Waals surface area contributed by atoms with E-state index in [9.17, 15) is 0 Å². The standard InChI is InChI=1S/C12H8Br2N2/c1-8(9-4-2-6-11(13)15-9)10-5-3-7-12(14)16-10/h2-7H,1H2. The van der Waals surface area contributed by atoms with Crippen LogP contribution in [0.5, 0.6) is 0 Å². The first kappa shape index (κ1) is 11.5. The fourth-order valence-corrected chi connectivity index (χ4v) is 1.97. The normalized spacial score (nSPS) is 10.1. The van der Waals surface area contributed by atoms with Gasteiger partial charge in [-0.25, -0.2) is 9.97 Å². The van der Waals surface area contributed by atoms with Crippen LogP contribution in [0.3, 0.4) is 0 Å². The summed E-state index contributed by atoms with van der Waals surface area (Å²) in [6.45, 7) is 4.01. The summed E-state index contributed by atoms with van der Waals surface area (Å²) < 4.78 is 1.59. The molecule has 0 unspecified atom stereocenters. The molecule has 0 fully saturated rings. The van der Waals surface area contributed by atoms with Crippen molar-refractivity contribution in [2.75, 3.05) is 0 Å². The Bertz CT molecular complexity index is 491. The summed E-state index contributed by atoms with van der Waals surface area (Å²) in [5, 5.41) is 0. The molecular formula is C12H8Br2N2. The predicted molar refractivity (Wildman–Crippen MR) is 72.0 cm³/mol. The highest BCUT2D eigenvalue weighted by atomic mass is 79.9. The van der Waals surface area contributed by atoms with E-state index >= 15 is 0 Å². The molecule has 0 aliphatic heterocycles. The van der Waals surface area contributed by atoms with Crippen molar-refractivity contribution in [1.82, 2.24) is 9.97 Å². The summed E-state index contributed by atoms with van der Waals surface area (Å²) in [5.74, 6) is 0. The van der Waals surface area contributed by atoms with E-state index in [4.69, 9.17) is 0 Å². The number of nitrogens with zero attached hydrogens (tertiary/aromatic N) is 2. The van der Waals surface area contributed by atoms with Crippen molar-refractivity contribution >= 4 is 37.4 Å². The van der Waals surface area contributed by atoms with E-state index < -0.39 is 0 Å². The van der Waals surface area contributed by atoms with E-state index in [1.807, 2.05) is 36.4 Å². The third-order valence-electron chi connectivity index (χ3n) is 2.05. The number of pyridine rings is 2. The Hall–Kier alpha value is -1.000. The second kappa shape index (κ2) is 4.89. The fraction of sp³-hybridized carbons (Fsp3) is 0. The molecule has 0 atom stereocenters. The number of aromatic nitrogens is 2. The molecule has 2 aromatic heterocycles. The predicted octanol–water partition coefficient (Wildman–Crippen LogP) is 4.06. The van der Waals surface area contributed by atoms with Gasteiger partial charge in [-0.1, -0.05) is 18.7 Å². The lowest BCUT2D eigenvalue weighted by atomic mass is 10.1. The van der Waals surface area contributed by atoms with Crippen LogP contribution in [0.1, 0.15) is 11.4 Å². The van der Waals surface area contributed by atoms with Crippen LogP contribution in [-0.2, 0) is 0 Å². The van der Waals surface area contributed by atoms with Crippen LogP contribution in [0, 0.1) is 0 Å². The summed E-state index contributed by atoms with van der Waals surface area (Å²) >= 11 is 6.67. The minimum Gasteiger partial charge on any atom is -0.241 e. The van der Waals surface area contributed by atoms with Gasteiger partial charge >= 0.3 is 0 Å². The van der Waals surface area contributed by atoms with E-state index in [1.165, 1.54) is 0 Å². The number of rotatable bonds is 2. The summed E-state index contributed by atoms with van der Waals surface area (Å²) in [4.78, 5) is 8.68. The summed E-state index contributed by atoms with van der Waals surface area (Å²) in [6.07, 6.45) is 0. The van der Waals surface area contributed by atoms with Crippen LogP contribution in [0.15, 0.2) is 52.2 Å². The molecule has 80 valence electrons. The van der Waals surface area contributed by atoms with Crippen LogP contribution in [-0.4, -0.2) is 9.97 Å². The van der Waals surface area contributed by atoms with Gasteiger partial charge in [0.2, 0.25) is 0 Å². The van der Waals surface area contributed by atoms with E-state index in [-0.39, 0.29) is 0 Å². The molecule has 0 N–H and O–H groups in total. The van der Waals surface area contributed by atoms with Gasteiger partial charge in [0.15, 0.2) is 0 Å². The van der Waals surface area contributed by atoms with Crippen LogP contribution in [0.4, 0.5) is 0 Å². The van der Waals surface area contributed by atoms with Gasteiger partial charge in [-0.05, 0) is 56.1 Å². The molecule has 0 aliphatic carbocycles. The van der Waals surface area contributed by atoms with Crippen molar-refractivity contribution in [2.45, 2.75) is 0 Å². The highest BCUT2D eigenvalue weighted by Gasteiger charge is 2.05. The van der Waals surface area contributed by atoms with Crippen molar-refractivity contribution < 1.29 is 0 Å². The quantitative estimate of drug-likeness (QED) is 0.771. The highest BCUT2D eigenvalue weighted by molar-refractivity contribution is 9.10. The second-order valence-corrected chi connectivity index (χ2v) is 4.79. The van der Waals surface area contributed by atoms with Crippen LogP contribution < -0.4 is 0 Å². The lowest BCUT2D eigenvalue weighted by Gasteiger charge is -2.05. The minimum absolute atomic E-state index is 0.793. The molecule has 4 heteroatoms. The average molecular weight is 340 g/mol. The molecule has 2 aromatic rings. The van der Waals surface area contributed by atoms with Crippen molar-refractivity contribution in [2.24, 2.45) is 0 Å². The summed E-state index contributed by atoms with van der Waals surface area (Å²) in [5.41, 5.74) is 2.45. The maximum Gasteiger partial charge on any atom is 0.106 e. The van der Waals surface area contributed by atoms with Gasteiger partial charge in [-0.15, -0.1) is 0 Å². The monoisotopic (exact) mass is 338 g/mol. The average Bonchev–Trinajstić information content (AvgIpc) is 2.28. The highest BCUT2D eigenvalue weighted by Crippen LogP contribution is 2.20. The van der Waals surface area contributed by atoms with Crippen molar-refractivity contribution in [3.63, 3.8) is 0 Å². The van der Waals surface area contributed by atoms with Crippen molar-refractivity contribution in [1.29, 1.82) is 0 Å². The Labute approximate surface area is 111 Å². The largest absolute Gasteiger partial charge is 0.241 e. The third-order valence-corrected chi connectivity index (χ3v) is 2.93. The zero-order valence-electron chi connectivity index (χ0n) is 8.32. The Morgan fingerprint density at radius 2 is 1.31 bits per heavy atom. The lowest BCUT2D eigenvalue weighted by Crippen LogP contribution is -1.93. The van der Waals surface area contributed by atoms with E-state index in [0.717, 1.165) is 26.2 Å². The van der Waals surface area contributed by atoms with Gasteiger partial charge in [0.25, 0.3) is 0 Å². The van der Waals surface area contributed by atoms with Gasteiger partial charge in [0, 0.05) is 5.57 Å². The van der Waals surface area contributed by atoms with Crippen LogP contribution >= 0.6 is 31.9 Å². The summed E-state index contributed by atoms with van der Waals surface area (Å²) in [6, 6.07) is 11.4. The number of halogens is 2. The van der Waals surface area contributed by atoms with Gasteiger partial charge in [-0.2, -0.15) is 0 Å². The molecule has 0 bridgehead atoms. The smallest absolute Gasteiger partial charge is 0.106 e. The molecule has 0 amide bonds. The molecule has 0 aromatic carbocycles. The van der Waals surface area contributed by atoms with E-state index in [1.54, 1.807) is 0 Å². The molecule has 0 aliphatic rings. The molecule has 2 rings (SSSR count). The molecule has 0 saturated carbocycles. The molecule has 0 spiro atoms. The first-order chi connectivity index (χ1) is 7.66. The van der Waals surface area contributed by atoms with Crippen molar-refractivity contribution in [3.8, 4) is 0 Å². The molecule has 2 nitrogen and oxygen atoms in total. The molecule has 0 saturated heterocycles. The SMILES string of the molecule is C=C(c1cccc(Br)n1)c1cccc(Br)n1. The number of hydrogen-bond acceptors (Lipinski definition) is 2. The third kappa shape index (κ3) is 2.57. The number of hydrogen-bond donors (Lipinski definition) is 0. The fourth-order valence-electron chi connectivity index (χ4n) is 1.28. The van der Waals surface area contributed by atoms with E-state index in [2.05, 4.69) is 48.4 Å². The Kier molecular flexibility index (Phi) is 3.51. The topological polar surface area (TPSA) is 25.8 Å². The second-order valence-electron chi connectivity index (χ2n) is 3.17. The Morgan fingerprint density at radius 1 is 0.875 bits per heavy atom. The maximum absolute atomic E-state index is 4.34. The van der Waals surface area contributed by atoms with Crippen LogP contribution in [0.2, 0.25) is 0 Å². The minimum atomic E-state index is 0.793. The molecule has 2 heterocycles.